The zero-order chi connectivity index (χ0) is 37.1. The van der Waals surface area contributed by atoms with Crippen LogP contribution in [0.5, 0.6) is 11.5 Å². The summed E-state index contributed by atoms with van der Waals surface area (Å²) in [5.74, 6) is -23.3. The molecule has 2 aliphatic heterocycles. The molecule has 6 atom stereocenters. The highest BCUT2D eigenvalue weighted by molar-refractivity contribution is 6.58. The SMILES string of the molecule is COc1ccc([C@H]2C3=CC[C@@H]4C(=O)N(c5cccc([N+](=O)[O-])c5)C(=O)[C@@H]4[C@@H]3C[C@@]3(Cl)C(=O)N(c4c(F)c(F)c(F)c(F)c4F)C(=O)[C@@]23Cl)cc1O. The third-order valence-electron chi connectivity index (χ3n) is 10.1. The molecule has 0 aromatic heterocycles. The van der Waals surface area contributed by atoms with Crippen LogP contribution in [0.4, 0.5) is 39.0 Å². The molecule has 2 saturated heterocycles. The van der Waals surface area contributed by atoms with Gasteiger partial charge in [0, 0.05) is 18.1 Å². The fraction of sp³-hybridized carbons (Fsp3) is 0.273. The zero-order valence-electron chi connectivity index (χ0n) is 25.6. The molecule has 18 heteroatoms. The molecule has 0 radical (unpaired) electrons. The van der Waals surface area contributed by atoms with Crippen LogP contribution in [0.2, 0.25) is 0 Å². The number of halogens is 7. The highest BCUT2D eigenvalue weighted by Crippen LogP contribution is 2.66. The highest BCUT2D eigenvalue weighted by atomic mass is 35.5. The zero-order valence-corrected chi connectivity index (χ0v) is 27.1. The summed E-state index contributed by atoms with van der Waals surface area (Å²) in [5.41, 5.74) is -2.36. The Bertz CT molecular complexity index is 2160. The molecule has 1 saturated carbocycles. The number of phenolic OH excluding ortho intramolecular Hbond substituents is 1. The molecule has 2 heterocycles. The van der Waals surface area contributed by atoms with Crippen molar-refractivity contribution >= 4 is 63.9 Å². The largest absolute Gasteiger partial charge is 0.504 e. The van der Waals surface area contributed by atoms with Crippen LogP contribution in [0.15, 0.2) is 54.1 Å². The number of carbonyl (C=O) groups excluding carboxylic acids is 4. The maximum Gasteiger partial charge on any atom is 0.271 e. The van der Waals surface area contributed by atoms with Crippen molar-refractivity contribution in [2.45, 2.75) is 28.5 Å². The van der Waals surface area contributed by atoms with Crippen LogP contribution in [0.1, 0.15) is 24.3 Å². The first-order valence-electron chi connectivity index (χ1n) is 15.0. The van der Waals surface area contributed by atoms with Crippen LogP contribution >= 0.6 is 23.2 Å². The standard InChI is InChI=1S/C33H20Cl2F5N3O8/c1-51-19-8-5-12(9-18(19)44)21-15-6-7-16-20(29(46)41(28(16)45)13-3-2-4-14(10-13)43(49)50)17(15)11-32(34)30(47)42(31(48)33(21,32)35)27-25(39)23(37)22(36)24(38)26(27)40/h2-6,8-10,16-17,20-21,44H,7,11H2,1H3/t16-,17+,20-,21-,32+,33-/m0/s1. The van der Waals surface area contributed by atoms with Crippen molar-refractivity contribution in [2.75, 3.05) is 16.9 Å². The van der Waals surface area contributed by atoms with Crippen molar-refractivity contribution in [1.82, 2.24) is 0 Å². The summed E-state index contributed by atoms with van der Waals surface area (Å²) in [6.07, 6.45) is 0.568. The van der Waals surface area contributed by atoms with E-state index in [4.69, 9.17) is 27.9 Å². The van der Waals surface area contributed by atoms with Gasteiger partial charge in [0.15, 0.2) is 44.5 Å². The predicted octanol–water partition coefficient (Wildman–Crippen LogP) is 5.77. The van der Waals surface area contributed by atoms with Gasteiger partial charge >= 0.3 is 0 Å². The van der Waals surface area contributed by atoms with E-state index in [0.29, 0.717) is 0 Å². The van der Waals surface area contributed by atoms with E-state index in [1.165, 1.54) is 37.5 Å². The monoisotopic (exact) mass is 751 g/mol. The number of anilines is 2. The minimum atomic E-state index is -2.78. The molecule has 2 aliphatic carbocycles. The number of ether oxygens (including phenoxy) is 1. The van der Waals surface area contributed by atoms with Crippen molar-refractivity contribution in [2.24, 2.45) is 17.8 Å². The number of aromatic hydroxyl groups is 1. The van der Waals surface area contributed by atoms with Gasteiger partial charge in [-0.15, -0.1) is 23.2 Å². The van der Waals surface area contributed by atoms with E-state index in [-0.39, 0.29) is 33.9 Å². The number of carbonyl (C=O) groups is 4. The second-order valence-electron chi connectivity index (χ2n) is 12.4. The van der Waals surface area contributed by atoms with Crippen molar-refractivity contribution < 1.29 is 55.9 Å². The third kappa shape index (κ3) is 4.41. The van der Waals surface area contributed by atoms with Crippen molar-refractivity contribution in [1.29, 1.82) is 0 Å². The van der Waals surface area contributed by atoms with Gasteiger partial charge in [0.05, 0.1) is 29.6 Å². The second-order valence-corrected chi connectivity index (χ2v) is 13.7. The minimum absolute atomic E-state index is 0.0320. The number of phenols is 1. The molecule has 3 aromatic carbocycles. The Balaban J connectivity index is 1.42. The number of nitro groups is 1. The van der Waals surface area contributed by atoms with Gasteiger partial charge in [0.25, 0.3) is 17.5 Å². The van der Waals surface area contributed by atoms with Crippen molar-refractivity contribution in [3.8, 4) is 11.5 Å². The van der Waals surface area contributed by atoms with Crippen LogP contribution < -0.4 is 14.5 Å². The Morgan fingerprint density at radius 2 is 1.53 bits per heavy atom. The summed E-state index contributed by atoms with van der Waals surface area (Å²) in [6.45, 7) is 0. The Labute approximate surface area is 292 Å². The minimum Gasteiger partial charge on any atom is -0.504 e. The molecule has 0 bridgehead atoms. The number of methoxy groups -OCH3 is 1. The Kier molecular flexibility index (Phi) is 7.72. The predicted molar refractivity (Wildman–Crippen MR) is 167 cm³/mol. The summed E-state index contributed by atoms with van der Waals surface area (Å²) in [4.78, 5) is 62.1. The van der Waals surface area contributed by atoms with Gasteiger partial charge in [-0.3, -0.25) is 29.3 Å². The number of allylic oxidation sites excluding steroid dienone is 2. The van der Waals surface area contributed by atoms with Crippen LogP contribution in [0.25, 0.3) is 0 Å². The van der Waals surface area contributed by atoms with Crippen LogP contribution in [-0.4, -0.2) is 50.5 Å². The molecule has 264 valence electrons. The van der Waals surface area contributed by atoms with E-state index in [9.17, 15) is 47.6 Å². The summed E-state index contributed by atoms with van der Waals surface area (Å²) in [6, 6.07) is 8.39. The number of nitro benzene ring substituents is 1. The molecular weight excluding hydrogens is 732 g/mol. The summed E-state index contributed by atoms with van der Waals surface area (Å²) in [5, 5.41) is 22.2. The fourth-order valence-corrected chi connectivity index (χ4v) is 8.76. The lowest BCUT2D eigenvalue weighted by Gasteiger charge is -2.50. The number of non-ortho nitro benzene ring substituents is 1. The number of fused-ring (bicyclic) bond motifs is 4. The summed E-state index contributed by atoms with van der Waals surface area (Å²) in [7, 11) is 1.24. The molecule has 1 N–H and O–H groups in total. The van der Waals surface area contributed by atoms with E-state index in [1.54, 1.807) is 0 Å². The molecule has 4 amide bonds. The van der Waals surface area contributed by atoms with E-state index < -0.39 is 115 Å². The van der Waals surface area contributed by atoms with Crippen molar-refractivity contribution in [3.63, 3.8) is 0 Å². The lowest BCUT2D eigenvalue weighted by molar-refractivity contribution is -0.384. The molecule has 51 heavy (non-hydrogen) atoms. The molecule has 11 nitrogen and oxygen atoms in total. The average molecular weight is 752 g/mol. The lowest BCUT2D eigenvalue weighted by Crippen LogP contribution is -2.60. The fourth-order valence-electron chi connectivity index (χ4n) is 7.83. The number of alkyl halides is 2. The number of hydrogen-bond acceptors (Lipinski definition) is 8. The van der Waals surface area contributed by atoms with Gasteiger partial charge in [-0.05, 0) is 42.5 Å². The van der Waals surface area contributed by atoms with E-state index in [0.717, 1.165) is 23.1 Å². The van der Waals surface area contributed by atoms with Crippen LogP contribution in [-0.2, 0) is 19.2 Å². The number of benzene rings is 3. The van der Waals surface area contributed by atoms with Gasteiger partial charge in [0.1, 0.15) is 5.69 Å². The van der Waals surface area contributed by atoms with Crippen LogP contribution in [0, 0.1) is 57.0 Å². The quantitative estimate of drug-likeness (QED) is 0.0505. The van der Waals surface area contributed by atoms with E-state index >= 15 is 8.78 Å². The van der Waals surface area contributed by atoms with Gasteiger partial charge in [-0.2, -0.15) is 0 Å². The Morgan fingerprint density at radius 1 is 0.882 bits per heavy atom. The Hall–Kier alpha value is -5.09. The third-order valence-corrected chi connectivity index (χ3v) is 11.5. The topological polar surface area (TPSA) is 147 Å². The van der Waals surface area contributed by atoms with Gasteiger partial charge in [-0.25, -0.2) is 31.8 Å². The Morgan fingerprint density at radius 3 is 2.14 bits per heavy atom. The second kappa shape index (κ2) is 11.5. The number of nitrogens with zero attached hydrogens (tertiary/aromatic N) is 3. The maximum atomic E-state index is 15.2. The molecule has 0 unspecified atom stereocenters. The molecule has 3 fully saturated rings. The molecule has 4 aliphatic rings. The number of hydrogen-bond donors (Lipinski definition) is 1. The molecular formula is C33H20Cl2F5N3O8. The first kappa shape index (κ1) is 34.4. The van der Waals surface area contributed by atoms with Crippen molar-refractivity contribution in [3.05, 3.63) is 98.9 Å². The van der Waals surface area contributed by atoms with Gasteiger partial charge in [0.2, 0.25) is 17.6 Å². The number of amides is 4. The molecule has 3 aromatic rings. The van der Waals surface area contributed by atoms with E-state index in [1.807, 2.05) is 0 Å². The van der Waals surface area contributed by atoms with Gasteiger partial charge in [-0.1, -0.05) is 23.8 Å². The first-order chi connectivity index (χ1) is 24.0. The lowest BCUT2D eigenvalue weighted by atomic mass is 9.56. The first-order valence-corrected chi connectivity index (χ1v) is 15.7. The molecule has 7 rings (SSSR count). The summed E-state index contributed by atoms with van der Waals surface area (Å²) >= 11 is 14.1. The number of rotatable bonds is 5. The van der Waals surface area contributed by atoms with Gasteiger partial charge < -0.3 is 9.84 Å². The van der Waals surface area contributed by atoms with E-state index in [2.05, 4.69) is 0 Å². The normalized spacial score (nSPS) is 28.4. The smallest absolute Gasteiger partial charge is 0.271 e. The number of imide groups is 2. The average Bonchev–Trinajstić information content (AvgIpc) is 3.44. The maximum absolute atomic E-state index is 15.2. The highest BCUT2D eigenvalue weighted by Gasteiger charge is 2.77. The van der Waals surface area contributed by atoms with Crippen LogP contribution in [0.3, 0.4) is 0 Å². The molecule has 0 spiro atoms. The summed E-state index contributed by atoms with van der Waals surface area (Å²) < 4.78 is 78.3.